The smallest absolute Gasteiger partial charge is 0.344 e. The van der Waals surface area contributed by atoms with E-state index in [0.717, 1.165) is 0 Å². The van der Waals surface area contributed by atoms with E-state index in [1.165, 1.54) is 13.3 Å². The van der Waals surface area contributed by atoms with Crippen LogP contribution in [0.15, 0.2) is 27.9 Å². The van der Waals surface area contributed by atoms with E-state index in [1.54, 1.807) is 25.1 Å². The predicted molar refractivity (Wildman–Crippen MR) is 88.9 cm³/mol. The molecule has 0 radical (unpaired) electrons. The molecule has 0 fully saturated rings. The molecule has 26 heavy (non-hydrogen) atoms. The Bertz CT molecular complexity index is 804. The largest absolute Gasteiger partial charge is 0.493 e. The third-order valence-corrected chi connectivity index (χ3v) is 2.95. The molecule has 11 heteroatoms. The molecule has 138 valence electrons. The number of ether oxygens (including phenoxy) is 3. The first-order valence-electron chi connectivity index (χ1n) is 7.43. The number of methoxy groups -OCH3 is 1. The van der Waals surface area contributed by atoms with Gasteiger partial charge < -0.3 is 19.9 Å². The van der Waals surface area contributed by atoms with Crippen molar-refractivity contribution >= 4 is 23.9 Å². The number of benzene rings is 1. The fraction of sp³-hybridized carbons (Fsp3) is 0.267. The van der Waals surface area contributed by atoms with Crippen LogP contribution in [0.4, 0.5) is 5.82 Å². The van der Waals surface area contributed by atoms with Gasteiger partial charge in [0.1, 0.15) is 0 Å². The summed E-state index contributed by atoms with van der Waals surface area (Å²) in [7, 11) is 1.45. The molecule has 1 aromatic carbocycles. The minimum atomic E-state index is -0.665. The van der Waals surface area contributed by atoms with Crippen LogP contribution in [0.5, 0.6) is 11.5 Å². The molecule has 1 amide bonds. The maximum atomic E-state index is 11.7. The van der Waals surface area contributed by atoms with E-state index in [-0.39, 0.29) is 24.7 Å². The topological polar surface area (TPSA) is 151 Å². The molecule has 0 aliphatic heterocycles. The van der Waals surface area contributed by atoms with Gasteiger partial charge in [-0.05, 0) is 41.0 Å². The highest BCUT2D eigenvalue weighted by Gasteiger charge is 2.15. The van der Waals surface area contributed by atoms with Crippen molar-refractivity contribution in [2.45, 2.75) is 6.92 Å². The summed E-state index contributed by atoms with van der Waals surface area (Å²) < 4.78 is 19.7. The molecule has 11 nitrogen and oxygen atoms in total. The molecule has 0 aliphatic rings. The van der Waals surface area contributed by atoms with E-state index in [9.17, 15) is 9.59 Å². The van der Waals surface area contributed by atoms with Crippen LogP contribution >= 0.6 is 0 Å². The SMILES string of the molecule is CCOC(=O)COc1ccc(/C=N/NC(=O)c2nonc2N)cc1OC. The number of amides is 1. The van der Waals surface area contributed by atoms with Crippen molar-refractivity contribution in [3.63, 3.8) is 0 Å². The monoisotopic (exact) mass is 363 g/mol. The highest BCUT2D eigenvalue weighted by atomic mass is 16.6. The van der Waals surface area contributed by atoms with Crippen molar-refractivity contribution in [3.05, 3.63) is 29.5 Å². The number of carbonyl (C=O) groups is 2. The summed E-state index contributed by atoms with van der Waals surface area (Å²) in [6, 6.07) is 4.87. The van der Waals surface area contributed by atoms with Crippen LogP contribution in [-0.4, -0.2) is 48.7 Å². The molecule has 0 saturated heterocycles. The highest BCUT2D eigenvalue weighted by molar-refractivity contribution is 5.96. The molecule has 0 aliphatic carbocycles. The van der Waals surface area contributed by atoms with Crippen LogP contribution in [0.1, 0.15) is 23.0 Å². The Morgan fingerprint density at radius 3 is 2.81 bits per heavy atom. The Morgan fingerprint density at radius 2 is 2.15 bits per heavy atom. The normalized spacial score (nSPS) is 10.5. The zero-order chi connectivity index (χ0) is 18.9. The second-order valence-electron chi connectivity index (χ2n) is 4.70. The second kappa shape index (κ2) is 9.01. The summed E-state index contributed by atoms with van der Waals surface area (Å²) in [6.07, 6.45) is 1.37. The lowest BCUT2D eigenvalue weighted by Gasteiger charge is -2.10. The number of aromatic nitrogens is 2. The Balaban J connectivity index is 1.98. The van der Waals surface area contributed by atoms with Gasteiger partial charge in [-0.25, -0.2) is 14.8 Å². The van der Waals surface area contributed by atoms with Gasteiger partial charge in [0.2, 0.25) is 11.5 Å². The quantitative estimate of drug-likeness (QED) is 0.385. The summed E-state index contributed by atoms with van der Waals surface area (Å²) in [5.41, 5.74) is 8.08. The highest BCUT2D eigenvalue weighted by Crippen LogP contribution is 2.27. The van der Waals surface area contributed by atoms with Gasteiger partial charge >= 0.3 is 5.97 Å². The van der Waals surface area contributed by atoms with Crippen molar-refractivity contribution in [1.29, 1.82) is 0 Å². The van der Waals surface area contributed by atoms with Gasteiger partial charge in [0.15, 0.2) is 18.1 Å². The fourth-order valence-corrected chi connectivity index (χ4v) is 1.79. The number of anilines is 1. The maximum Gasteiger partial charge on any atom is 0.344 e. The lowest BCUT2D eigenvalue weighted by molar-refractivity contribution is -0.145. The first-order valence-corrected chi connectivity index (χ1v) is 7.43. The number of hydrogen-bond acceptors (Lipinski definition) is 10. The average molecular weight is 363 g/mol. The molecular weight excluding hydrogens is 346 g/mol. The Morgan fingerprint density at radius 1 is 1.35 bits per heavy atom. The predicted octanol–water partition coefficient (Wildman–Crippen LogP) is 0.366. The summed E-state index contributed by atoms with van der Waals surface area (Å²) in [4.78, 5) is 23.1. The number of nitrogens with two attached hydrogens (primary N) is 1. The van der Waals surface area contributed by atoms with Gasteiger partial charge in [-0.2, -0.15) is 5.10 Å². The average Bonchev–Trinajstić information content (AvgIpc) is 3.06. The third kappa shape index (κ3) is 4.93. The molecule has 1 heterocycles. The van der Waals surface area contributed by atoms with Gasteiger partial charge in [-0.15, -0.1) is 0 Å². The molecule has 0 spiro atoms. The first-order chi connectivity index (χ1) is 12.5. The van der Waals surface area contributed by atoms with Crippen LogP contribution in [-0.2, 0) is 9.53 Å². The van der Waals surface area contributed by atoms with Gasteiger partial charge in [-0.3, -0.25) is 4.79 Å². The molecule has 2 rings (SSSR count). The summed E-state index contributed by atoms with van der Waals surface area (Å²) in [6.45, 7) is 1.75. The van der Waals surface area contributed by atoms with E-state index in [4.69, 9.17) is 19.9 Å². The van der Waals surface area contributed by atoms with Crippen molar-refractivity contribution < 1.29 is 28.4 Å². The zero-order valence-electron chi connectivity index (χ0n) is 14.1. The molecule has 0 saturated carbocycles. The molecular formula is C15H17N5O6. The van der Waals surface area contributed by atoms with Crippen LogP contribution < -0.4 is 20.6 Å². The molecule has 0 atom stereocenters. The van der Waals surface area contributed by atoms with E-state index < -0.39 is 11.9 Å². The molecule has 0 bridgehead atoms. The van der Waals surface area contributed by atoms with E-state index in [0.29, 0.717) is 17.1 Å². The van der Waals surface area contributed by atoms with Crippen molar-refractivity contribution in [2.75, 3.05) is 26.1 Å². The summed E-state index contributed by atoms with van der Waals surface area (Å²) in [5.74, 6) is -0.536. The number of esters is 1. The van der Waals surface area contributed by atoms with E-state index >= 15 is 0 Å². The number of nitrogens with one attached hydrogen (secondary N) is 1. The van der Waals surface area contributed by atoms with Crippen molar-refractivity contribution in [3.8, 4) is 11.5 Å². The number of nitrogen functional groups attached to an aromatic ring is 1. The van der Waals surface area contributed by atoms with Crippen molar-refractivity contribution in [1.82, 2.24) is 15.7 Å². The minimum Gasteiger partial charge on any atom is -0.493 e. The minimum absolute atomic E-state index is 0.137. The van der Waals surface area contributed by atoms with Gasteiger partial charge in [-0.1, -0.05) is 0 Å². The fourth-order valence-electron chi connectivity index (χ4n) is 1.79. The molecule has 3 N–H and O–H groups in total. The molecule has 0 unspecified atom stereocenters. The van der Waals surface area contributed by atoms with Crippen LogP contribution in [0, 0.1) is 0 Å². The number of hydrazone groups is 1. The maximum absolute atomic E-state index is 11.7. The van der Waals surface area contributed by atoms with Crippen LogP contribution in [0.25, 0.3) is 0 Å². The number of carbonyl (C=O) groups excluding carboxylic acids is 2. The van der Waals surface area contributed by atoms with Crippen LogP contribution in [0.3, 0.4) is 0 Å². The van der Waals surface area contributed by atoms with Gasteiger partial charge in [0, 0.05) is 0 Å². The van der Waals surface area contributed by atoms with Crippen LogP contribution in [0.2, 0.25) is 0 Å². The number of rotatable bonds is 8. The van der Waals surface area contributed by atoms with Gasteiger partial charge in [0.25, 0.3) is 5.91 Å². The molecule has 2 aromatic rings. The Labute approximate surface area is 148 Å². The lowest BCUT2D eigenvalue weighted by Crippen LogP contribution is -2.19. The Hall–Kier alpha value is -3.63. The summed E-state index contributed by atoms with van der Waals surface area (Å²) >= 11 is 0. The summed E-state index contributed by atoms with van der Waals surface area (Å²) in [5, 5.41) is 10.4. The lowest BCUT2D eigenvalue weighted by atomic mass is 10.2. The van der Waals surface area contributed by atoms with Crippen molar-refractivity contribution in [2.24, 2.45) is 5.10 Å². The molecule has 1 aromatic heterocycles. The first kappa shape index (κ1) is 18.7. The number of nitrogens with zero attached hydrogens (tertiary/aromatic N) is 3. The Kier molecular flexibility index (Phi) is 6.48. The standard InChI is InChI=1S/C15H17N5O6/c1-3-24-12(21)8-25-10-5-4-9(6-11(10)23-2)7-17-18-15(22)13-14(16)20-26-19-13/h4-7H,3,8H2,1-2H3,(H2,16,20)(H,18,22)/b17-7+. The van der Waals surface area contributed by atoms with E-state index in [1.807, 2.05) is 0 Å². The zero-order valence-corrected chi connectivity index (χ0v) is 14.1. The van der Waals surface area contributed by atoms with E-state index in [2.05, 4.69) is 25.5 Å². The number of hydrogen-bond donors (Lipinski definition) is 2. The van der Waals surface area contributed by atoms with Gasteiger partial charge in [0.05, 0.1) is 19.9 Å². The second-order valence-corrected chi connectivity index (χ2v) is 4.70. The third-order valence-electron chi connectivity index (χ3n) is 2.95.